The molecule has 0 bridgehead atoms. The lowest BCUT2D eigenvalue weighted by atomic mass is 10.2. The standard InChI is InChI=1S/C12H17ClS2/c13-12-6-4-11(5-7-12)10-15-9-3-1-2-8-14/h4-7,14H,1-3,8-10H2. The van der Waals surface area contributed by atoms with Crippen LogP contribution in [0.5, 0.6) is 0 Å². The number of hydrogen-bond acceptors (Lipinski definition) is 2. The van der Waals surface area contributed by atoms with E-state index in [2.05, 4.69) is 24.8 Å². The van der Waals surface area contributed by atoms with Crippen molar-refractivity contribution >= 4 is 36.0 Å². The number of rotatable bonds is 7. The lowest BCUT2D eigenvalue weighted by molar-refractivity contribution is 0.787. The summed E-state index contributed by atoms with van der Waals surface area (Å²) in [5.41, 5.74) is 1.36. The average molecular weight is 261 g/mol. The van der Waals surface area contributed by atoms with Gasteiger partial charge in [-0.05, 0) is 42.0 Å². The summed E-state index contributed by atoms with van der Waals surface area (Å²) in [4.78, 5) is 0. The highest BCUT2D eigenvalue weighted by molar-refractivity contribution is 7.98. The van der Waals surface area contributed by atoms with Gasteiger partial charge in [-0.2, -0.15) is 24.4 Å². The Hall–Kier alpha value is 0.210. The van der Waals surface area contributed by atoms with Gasteiger partial charge in [-0.3, -0.25) is 0 Å². The van der Waals surface area contributed by atoms with E-state index in [9.17, 15) is 0 Å². The number of halogens is 1. The van der Waals surface area contributed by atoms with Crippen LogP contribution < -0.4 is 0 Å². The van der Waals surface area contributed by atoms with E-state index in [1.807, 2.05) is 23.9 Å². The molecular formula is C12H17ClS2. The monoisotopic (exact) mass is 260 g/mol. The summed E-state index contributed by atoms with van der Waals surface area (Å²) in [7, 11) is 0. The van der Waals surface area contributed by atoms with Gasteiger partial charge in [0.2, 0.25) is 0 Å². The van der Waals surface area contributed by atoms with Gasteiger partial charge in [0.15, 0.2) is 0 Å². The zero-order valence-electron chi connectivity index (χ0n) is 8.79. The molecule has 84 valence electrons. The minimum atomic E-state index is 0.817. The van der Waals surface area contributed by atoms with Gasteiger partial charge >= 0.3 is 0 Å². The largest absolute Gasteiger partial charge is 0.179 e. The molecule has 0 saturated heterocycles. The van der Waals surface area contributed by atoms with Gasteiger partial charge in [0.1, 0.15) is 0 Å². The third kappa shape index (κ3) is 6.39. The molecule has 1 rings (SSSR count). The Morgan fingerprint density at radius 1 is 1.07 bits per heavy atom. The molecule has 0 saturated carbocycles. The van der Waals surface area contributed by atoms with Crippen LogP contribution in [0.4, 0.5) is 0 Å². The van der Waals surface area contributed by atoms with E-state index < -0.39 is 0 Å². The van der Waals surface area contributed by atoms with Crippen molar-refractivity contribution in [3.05, 3.63) is 34.9 Å². The van der Waals surface area contributed by atoms with E-state index >= 15 is 0 Å². The molecule has 0 aliphatic rings. The van der Waals surface area contributed by atoms with Crippen molar-refractivity contribution in [2.24, 2.45) is 0 Å². The number of benzene rings is 1. The molecule has 0 spiro atoms. The normalized spacial score (nSPS) is 10.5. The Morgan fingerprint density at radius 3 is 2.47 bits per heavy atom. The molecule has 1 aromatic carbocycles. The summed E-state index contributed by atoms with van der Waals surface area (Å²) in [5, 5.41) is 0.817. The summed E-state index contributed by atoms with van der Waals surface area (Å²) >= 11 is 12.0. The minimum Gasteiger partial charge on any atom is -0.179 e. The maximum Gasteiger partial charge on any atom is 0.0406 e. The van der Waals surface area contributed by atoms with Gasteiger partial charge in [-0.15, -0.1) is 0 Å². The summed E-state index contributed by atoms with van der Waals surface area (Å²) < 4.78 is 0. The molecule has 0 fully saturated rings. The fourth-order valence-corrected chi connectivity index (χ4v) is 2.59. The number of hydrogen-bond donors (Lipinski definition) is 1. The predicted octanol–water partition coefficient (Wildman–Crippen LogP) is 4.67. The first-order valence-corrected chi connectivity index (χ1v) is 7.42. The summed E-state index contributed by atoms with van der Waals surface area (Å²) in [5.74, 6) is 3.36. The Morgan fingerprint density at radius 2 is 1.80 bits per heavy atom. The minimum absolute atomic E-state index is 0.817. The molecule has 0 aliphatic heterocycles. The van der Waals surface area contributed by atoms with E-state index in [1.165, 1.54) is 30.6 Å². The predicted molar refractivity (Wildman–Crippen MR) is 75.3 cm³/mol. The van der Waals surface area contributed by atoms with Gasteiger partial charge < -0.3 is 0 Å². The summed E-state index contributed by atoms with van der Waals surface area (Å²) in [6.45, 7) is 0. The van der Waals surface area contributed by atoms with Crippen molar-refractivity contribution in [3.63, 3.8) is 0 Å². The van der Waals surface area contributed by atoms with Crippen molar-refractivity contribution in [1.29, 1.82) is 0 Å². The number of unbranched alkanes of at least 4 members (excludes halogenated alkanes) is 2. The lowest BCUT2D eigenvalue weighted by Crippen LogP contribution is -1.85. The van der Waals surface area contributed by atoms with Gasteiger partial charge in [-0.25, -0.2) is 0 Å². The van der Waals surface area contributed by atoms with Gasteiger partial charge in [-0.1, -0.05) is 30.2 Å². The maximum atomic E-state index is 5.82. The quantitative estimate of drug-likeness (QED) is 0.549. The molecule has 0 atom stereocenters. The van der Waals surface area contributed by atoms with Gasteiger partial charge in [0, 0.05) is 10.8 Å². The SMILES string of the molecule is SCCCCCSCc1ccc(Cl)cc1. The highest BCUT2D eigenvalue weighted by atomic mass is 35.5. The molecule has 15 heavy (non-hydrogen) atoms. The van der Waals surface area contributed by atoms with Crippen molar-refractivity contribution in [2.75, 3.05) is 11.5 Å². The van der Waals surface area contributed by atoms with E-state index in [-0.39, 0.29) is 0 Å². The molecule has 0 unspecified atom stereocenters. The fraction of sp³-hybridized carbons (Fsp3) is 0.500. The van der Waals surface area contributed by atoms with E-state index in [0.717, 1.165) is 16.5 Å². The van der Waals surface area contributed by atoms with Crippen LogP contribution in [0.25, 0.3) is 0 Å². The average Bonchev–Trinajstić information content (AvgIpc) is 2.26. The zero-order chi connectivity index (χ0) is 10.9. The van der Waals surface area contributed by atoms with Crippen LogP contribution in [-0.4, -0.2) is 11.5 Å². The van der Waals surface area contributed by atoms with Crippen molar-refractivity contribution in [1.82, 2.24) is 0 Å². The van der Waals surface area contributed by atoms with Gasteiger partial charge in [0.05, 0.1) is 0 Å². The van der Waals surface area contributed by atoms with Crippen LogP contribution in [0.2, 0.25) is 5.02 Å². The molecule has 0 N–H and O–H groups in total. The van der Waals surface area contributed by atoms with Crippen LogP contribution in [0, 0.1) is 0 Å². The first-order chi connectivity index (χ1) is 7.33. The Labute approximate surface area is 107 Å². The third-order valence-corrected chi connectivity index (χ3v) is 3.81. The first kappa shape index (κ1) is 13.3. The number of thiol groups is 1. The van der Waals surface area contributed by atoms with Crippen LogP contribution in [0.15, 0.2) is 24.3 Å². The smallest absolute Gasteiger partial charge is 0.0406 e. The number of thioether (sulfide) groups is 1. The van der Waals surface area contributed by atoms with Crippen LogP contribution in [0.3, 0.4) is 0 Å². The second-order valence-corrected chi connectivity index (χ2v) is 5.45. The van der Waals surface area contributed by atoms with Gasteiger partial charge in [0.25, 0.3) is 0 Å². The molecule has 0 radical (unpaired) electrons. The molecule has 0 nitrogen and oxygen atoms in total. The van der Waals surface area contributed by atoms with E-state index in [4.69, 9.17) is 11.6 Å². The Bertz CT molecular complexity index is 259. The lowest BCUT2D eigenvalue weighted by Gasteiger charge is -2.02. The molecule has 3 heteroatoms. The maximum absolute atomic E-state index is 5.82. The molecular weight excluding hydrogens is 244 g/mol. The molecule has 0 aliphatic carbocycles. The zero-order valence-corrected chi connectivity index (χ0v) is 11.3. The third-order valence-electron chi connectivity index (χ3n) is 2.13. The van der Waals surface area contributed by atoms with Crippen molar-refractivity contribution in [3.8, 4) is 0 Å². The van der Waals surface area contributed by atoms with Crippen LogP contribution in [-0.2, 0) is 5.75 Å². The molecule has 0 heterocycles. The van der Waals surface area contributed by atoms with Crippen molar-refractivity contribution < 1.29 is 0 Å². The summed E-state index contributed by atoms with van der Waals surface area (Å²) in [6.07, 6.45) is 3.85. The summed E-state index contributed by atoms with van der Waals surface area (Å²) in [6, 6.07) is 8.11. The van der Waals surface area contributed by atoms with Crippen LogP contribution >= 0.6 is 36.0 Å². The van der Waals surface area contributed by atoms with E-state index in [0.29, 0.717) is 0 Å². The topological polar surface area (TPSA) is 0 Å². The van der Waals surface area contributed by atoms with E-state index in [1.54, 1.807) is 0 Å². The molecule has 0 aromatic heterocycles. The fourth-order valence-electron chi connectivity index (χ4n) is 1.26. The van der Waals surface area contributed by atoms with Crippen LogP contribution in [0.1, 0.15) is 24.8 Å². The molecule has 0 amide bonds. The first-order valence-electron chi connectivity index (χ1n) is 5.26. The second-order valence-electron chi connectivity index (χ2n) is 3.46. The molecule has 1 aromatic rings. The highest BCUT2D eigenvalue weighted by Gasteiger charge is 1.94. The Balaban J connectivity index is 2.07. The second kappa shape index (κ2) is 8.37. The Kier molecular flexibility index (Phi) is 7.41. The highest BCUT2D eigenvalue weighted by Crippen LogP contribution is 2.16. The van der Waals surface area contributed by atoms with Crippen molar-refractivity contribution in [2.45, 2.75) is 25.0 Å².